The summed E-state index contributed by atoms with van der Waals surface area (Å²) in [6.45, 7) is 4.87. The van der Waals surface area contributed by atoms with Gasteiger partial charge in [0.2, 0.25) is 18.5 Å². The van der Waals surface area contributed by atoms with Gasteiger partial charge in [0.1, 0.15) is 0 Å². The fraction of sp³-hybridized carbons (Fsp3) is 0.545. The third kappa shape index (κ3) is 1.75. The minimum absolute atomic E-state index is 0.150. The van der Waals surface area contributed by atoms with Gasteiger partial charge < -0.3 is 23.7 Å². The second kappa shape index (κ2) is 3.95. The Bertz CT molecular complexity index is 483. The fourth-order valence-electron chi connectivity index (χ4n) is 2.15. The number of ether oxygens (including phenoxy) is 5. The second-order valence-corrected chi connectivity index (χ2v) is 4.43. The van der Waals surface area contributed by atoms with E-state index in [9.17, 15) is 14.4 Å². The molecule has 3 rings (SSSR count). The number of carbonyl (C=O) groups excluding carboxylic acids is 3. The van der Waals surface area contributed by atoms with E-state index in [1.807, 2.05) is 0 Å². The van der Waals surface area contributed by atoms with Crippen LogP contribution in [-0.2, 0) is 33.3 Å². The van der Waals surface area contributed by atoms with Crippen LogP contribution in [0.25, 0.3) is 0 Å². The van der Waals surface area contributed by atoms with Crippen molar-refractivity contribution in [3.05, 3.63) is 12.2 Å². The number of hydrogen-bond acceptors (Lipinski definition) is 8. The van der Waals surface area contributed by atoms with E-state index < -0.39 is 48.8 Å². The van der Waals surface area contributed by atoms with E-state index in [1.54, 1.807) is 0 Å². The Labute approximate surface area is 107 Å². The Morgan fingerprint density at radius 3 is 2.58 bits per heavy atom. The molecule has 5 unspecified atom stereocenters. The van der Waals surface area contributed by atoms with Gasteiger partial charge in [0.15, 0.2) is 12.2 Å². The lowest BCUT2D eigenvalue weighted by atomic mass is 10.1. The molecule has 5 atom stereocenters. The summed E-state index contributed by atoms with van der Waals surface area (Å²) in [6.07, 6.45) is -5.53. The summed E-state index contributed by atoms with van der Waals surface area (Å²) in [5.41, 5.74) is 0.150. The van der Waals surface area contributed by atoms with Crippen LogP contribution < -0.4 is 0 Å². The molecule has 0 radical (unpaired) electrons. The van der Waals surface area contributed by atoms with Crippen molar-refractivity contribution in [3.63, 3.8) is 0 Å². The van der Waals surface area contributed by atoms with Crippen LogP contribution in [-0.4, -0.2) is 48.8 Å². The van der Waals surface area contributed by atoms with Gasteiger partial charge in [-0.2, -0.15) is 0 Å². The van der Waals surface area contributed by atoms with E-state index >= 15 is 0 Å². The topological polar surface area (TPSA) is 97.4 Å². The van der Waals surface area contributed by atoms with Crippen LogP contribution >= 0.6 is 0 Å². The molecule has 0 aliphatic carbocycles. The quantitative estimate of drug-likeness (QED) is 0.382. The number of esters is 2. The van der Waals surface area contributed by atoms with Crippen LogP contribution in [0.1, 0.15) is 6.92 Å². The maximum absolute atomic E-state index is 11.6. The molecular weight excluding hydrogens is 260 g/mol. The van der Waals surface area contributed by atoms with E-state index in [-0.39, 0.29) is 5.57 Å². The number of hydrogen-bond donors (Lipinski definition) is 0. The molecular formula is C11H10O8. The third-order valence-corrected chi connectivity index (χ3v) is 3.02. The van der Waals surface area contributed by atoms with Gasteiger partial charge in [-0.25, -0.2) is 14.4 Å². The van der Waals surface area contributed by atoms with Gasteiger partial charge in [-0.15, -0.1) is 0 Å². The molecule has 102 valence electrons. The Balaban J connectivity index is 1.75. The summed E-state index contributed by atoms with van der Waals surface area (Å²) in [5.74, 6) is -1.47. The summed E-state index contributed by atoms with van der Waals surface area (Å²) < 4.78 is 24.8. The first kappa shape index (κ1) is 12.0. The van der Waals surface area contributed by atoms with Crippen LogP contribution in [0.3, 0.4) is 0 Å². The van der Waals surface area contributed by atoms with Crippen molar-refractivity contribution in [1.82, 2.24) is 0 Å². The summed E-state index contributed by atoms with van der Waals surface area (Å²) in [5, 5.41) is 0. The maximum atomic E-state index is 11.6. The molecule has 3 fully saturated rings. The summed E-state index contributed by atoms with van der Waals surface area (Å²) in [4.78, 5) is 34.0. The summed E-state index contributed by atoms with van der Waals surface area (Å²) in [6, 6.07) is 0. The van der Waals surface area contributed by atoms with E-state index in [1.165, 1.54) is 6.92 Å². The third-order valence-electron chi connectivity index (χ3n) is 3.02. The van der Waals surface area contributed by atoms with Crippen molar-refractivity contribution in [2.45, 2.75) is 37.6 Å². The van der Waals surface area contributed by atoms with Crippen molar-refractivity contribution < 1.29 is 38.1 Å². The Morgan fingerprint density at radius 1 is 1.16 bits per heavy atom. The van der Waals surface area contributed by atoms with Crippen molar-refractivity contribution in [1.29, 1.82) is 0 Å². The first-order valence-corrected chi connectivity index (χ1v) is 5.57. The molecule has 0 aromatic heterocycles. The SMILES string of the molecule is C=C(C)C(=O)OC1C(=O)OC2C3OC(=O)OC3OC12. The smallest absolute Gasteiger partial charge is 0.452 e. The molecule has 3 saturated heterocycles. The molecule has 0 aromatic carbocycles. The highest BCUT2D eigenvalue weighted by atomic mass is 16.9. The average molecular weight is 270 g/mol. The monoisotopic (exact) mass is 270 g/mol. The molecule has 0 amide bonds. The first-order chi connectivity index (χ1) is 8.97. The summed E-state index contributed by atoms with van der Waals surface area (Å²) >= 11 is 0. The van der Waals surface area contributed by atoms with Crippen molar-refractivity contribution in [2.24, 2.45) is 0 Å². The van der Waals surface area contributed by atoms with Gasteiger partial charge in [0, 0.05) is 5.57 Å². The number of rotatable bonds is 2. The Kier molecular flexibility index (Phi) is 2.49. The van der Waals surface area contributed by atoms with Gasteiger partial charge >= 0.3 is 18.1 Å². The van der Waals surface area contributed by atoms with Crippen molar-refractivity contribution in [2.75, 3.05) is 0 Å². The predicted molar refractivity (Wildman–Crippen MR) is 54.6 cm³/mol. The van der Waals surface area contributed by atoms with Crippen LogP contribution in [0.15, 0.2) is 12.2 Å². The number of fused-ring (bicyclic) bond motifs is 3. The zero-order valence-corrected chi connectivity index (χ0v) is 9.86. The summed E-state index contributed by atoms with van der Waals surface area (Å²) in [7, 11) is 0. The lowest BCUT2D eigenvalue weighted by Gasteiger charge is -2.15. The molecule has 0 bridgehead atoms. The minimum Gasteiger partial charge on any atom is -0.452 e. The van der Waals surface area contributed by atoms with E-state index in [0.29, 0.717) is 0 Å². The zero-order valence-electron chi connectivity index (χ0n) is 9.86. The highest BCUT2D eigenvalue weighted by molar-refractivity contribution is 5.90. The standard InChI is InChI=1S/C11H10O8/c1-3(2)8(12)16-6-4-5(15-9(6)13)7-10(17-4)19-11(14)18-7/h4-7,10H,1H2,2H3. The predicted octanol–water partition coefficient (Wildman–Crippen LogP) is -0.340. The van der Waals surface area contributed by atoms with E-state index in [4.69, 9.17) is 23.7 Å². The van der Waals surface area contributed by atoms with E-state index in [2.05, 4.69) is 6.58 Å². The number of carbonyl (C=O) groups is 3. The largest absolute Gasteiger partial charge is 0.511 e. The van der Waals surface area contributed by atoms with Crippen LogP contribution in [0.5, 0.6) is 0 Å². The Hall–Kier alpha value is -2.09. The fourth-order valence-corrected chi connectivity index (χ4v) is 2.15. The maximum Gasteiger partial charge on any atom is 0.511 e. The highest BCUT2D eigenvalue weighted by Crippen LogP contribution is 2.38. The lowest BCUT2D eigenvalue weighted by molar-refractivity contribution is -0.169. The average Bonchev–Trinajstić information content (AvgIpc) is 2.91. The van der Waals surface area contributed by atoms with Gasteiger partial charge in [-0.05, 0) is 6.92 Å². The molecule has 0 saturated carbocycles. The lowest BCUT2D eigenvalue weighted by Crippen LogP contribution is -2.36. The van der Waals surface area contributed by atoms with Crippen molar-refractivity contribution in [3.8, 4) is 0 Å². The zero-order chi connectivity index (χ0) is 13.7. The van der Waals surface area contributed by atoms with Crippen molar-refractivity contribution >= 4 is 18.1 Å². The second-order valence-electron chi connectivity index (χ2n) is 4.43. The molecule has 0 N–H and O–H groups in total. The Morgan fingerprint density at radius 2 is 1.89 bits per heavy atom. The van der Waals surface area contributed by atoms with Gasteiger partial charge in [-0.3, -0.25) is 0 Å². The molecule has 0 aromatic rings. The van der Waals surface area contributed by atoms with Gasteiger partial charge in [-0.1, -0.05) is 6.58 Å². The molecule has 3 aliphatic rings. The molecule has 19 heavy (non-hydrogen) atoms. The van der Waals surface area contributed by atoms with Crippen LogP contribution in [0, 0.1) is 0 Å². The van der Waals surface area contributed by atoms with Crippen LogP contribution in [0.2, 0.25) is 0 Å². The van der Waals surface area contributed by atoms with Crippen LogP contribution in [0.4, 0.5) is 4.79 Å². The highest BCUT2D eigenvalue weighted by Gasteiger charge is 2.64. The van der Waals surface area contributed by atoms with Gasteiger partial charge in [0.25, 0.3) is 0 Å². The molecule has 0 spiro atoms. The molecule has 3 aliphatic heterocycles. The minimum atomic E-state index is -1.21. The molecule has 8 heteroatoms. The van der Waals surface area contributed by atoms with E-state index in [0.717, 1.165) is 0 Å². The molecule has 8 nitrogen and oxygen atoms in total. The first-order valence-electron chi connectivity index (χ1n) is 5.57. The molecule has 3 heterocycles. The normalized spacial score (nSPS) is 38.9. The van der Waals surface area contributed by atoms with Gasteiger partial charge in [0.05, 0.1) is 0 Å².